The zero-order valence-electron chi connectivity index (χ0n) is 19.2. The fraction of sp³-hybridized carbons (Fsp3) is 0.480. The summed E-state index contributed by atoms with van der Waals surface area (Å²) in [7, 11) is 0. The van der Waals surface area contributed by atoms with Gasteiger partial charge in [0, 0.05) is 34.0 Å². The molecule has 0 saturated heterocycles. The van der Waals surface area contributed by atoms with Gasteiger partial charge in [-0.3, -0.25) is 4.79 Å². The summed E-state index contributed by atoms with van der Waals surface area (Å²) in [4.78, 5) is 13.8. The normalized spacial score (nSPS) is 15.0. The molecule has 5 nitrogen and oxygen atoms in total. The van der Waals surface area contributed by atoms with Crippen LogP contribution >= 0.6 is 23.1 Å². The van der Waals surface area contributed by atoms with Crippen LogP contribution in [0.4, 0.5) is 0 Å². The van der Waals surface area contributed by atoms with E-state index in [0.29, 0.717) is 11.8 Å². The number of rotatable bonds is 7. The van der Waals surface area contributed by atoms with E-state index in [2.05, 4.69) is 70.5 Å². The van der Waals surface area contributed by atoms with Crippen molar-refractivity contribution < 1.29 is 4.79 Å². The number of hydrogen-bond donors (Lipinski definition) is 1. The second kappa shape index (κ2) is 10.7. The van der Waals surface area contributed by atoms with Crippen LogP contribution in [0.1, 0.15) is 55.9 Å². The van der Waals surface area contributed by atoms with Crippen molar-refractivity contribution in [1.29, 1.82) is 0 Å². The van der Waals surface area contributed by atoms with Crippen molar-refractivity contribution in [3.05, 3.63) is 40.1 Å². The number of carbonyl (C=O) groups is 1. The monoisotopic (exact) mass is 468 g/mol. The molecule has 2 heterocycles. The lowest BCUT2D eigenvalue weighted by Crippen LogP contribution is -2.35. The van der Waals surface area contributed by atoms with Gasteiger partial charge in [0.2, 0.25) is 5.91 Å². The standard InChI is InChI=1S/C25H32N4OS2/c1-4-29-24(21-15-31-18(3)23(21)19-13-11-17(2)12-14-19)27-28-25(29)32-16-22(30)26-20-9-7-5-6-8-10-20/h11-15,20H,4-10,16H2,1-3H3,(H,26,30). The minimum Gasteiger partial charge on any atom is -0.353 e. The highest BCUT2D eigenvalue weighted by Gasteiger charge is 2.21. The number of amides is 1. The molecule has 1 amide bonds. The second-order valence-corrected chi connectivity index (χ2v) is 10.6. The summed E-state index contributed by atoms with van der Waals surface area (Å²) < 4.78 is 2.13. The molecule has 0 spiro atoms. The van der Waals surface area contributed by atoms with E-state index >= 15 is 0 Å². The van der Waals surface area contributed by atoms with E-state index in [1.807, 2.05) is 0 Å². The molecule has 0 atom stereocenters. The first-order valence-electron chi connectivity index (χ1n) is 11.6. The highest BCUT2D eigenvalue weighted by molar-refractivity contribution is 7.99. The maximum absolute atomic E-state index is 12.6. The molecule has 3 aromatic rings. The second-order valence-electron chi connectivity index (χ2n) is 8.54. The van der Waals surface area contributed by atoms with Crippen molar-refractivity contribution in [1.82, 2.24) is 20.1 Å². The molecule has 32 heavy (non-hydrogen) atoms. The molecule has 0 aliphatic heterocycles. The zero-order valence-corrected chi connectivity index (χ0v) is 20.8. The molecule has 0 unspecified atom stereocenters. The van der Waals surface area contributed by atoms with Gasteiger partial charge in [0.15, 0.2) is 11.0 Å². The van der Waals surface area contributed by atoms with Crippen molar-refractivity contribution in [3.8, 4) is 22.5 Å². The summed E-state index contributed by atoms with van der Waals surface area (Å²) in [5, 5.41) is 15.2. The third-order valence-electron chi connectivity index (χ3n) is 6.14. The van der Waals surface area contributed by atoms with E-state index < -0.39 is 0 Å². The quantitative estimate of drug-likeness (QED) is 0.329. The first-order chi connectivity index (χ1) is 15.6. The number of nitrogens with one attached hydrogen (secondary N) is 1. The van der Waals surface area contributed by atoms with Crippen LogP contribution in [0, 0.1) is 13.8 Å². The van der Waals surface area contributed by atoms with Crippen LogP contribution in [-0.4, -0.2) is 32.5 Å². The van der Waals surface area contributed by atoms with Crippen molar-refractivity contribution in [3.63, 3.8) is 0 Å². The summed E-state index contributed by atoms with van der Waals surface area (Å²) in [6.45, 7) is 7.13. The lowest BCUT2D eigenvalue weighted by Gasteiger charge is -2.16. The Morgan fingerprint density at radius 1 is 1.12 bits per heavy atom. The van der Waals surface area contributed by atoms with Gasteiger partial charge in [0.05, 0.1) is 5.75 Å². The first kappa shape index (κ1) is 23.1. The molecule has 1 aliphatic carbocycles. The largest absolute Gasteiger partial charge is 0.353 e. The molecule has 2 aromatic heterocycles. The van der Waals surface area contributed by atoms with Crippen molar-refractivity contribution >= 4 is 29.0 Å². The van der Waals surface area contributed by atoms with E-state index in [0.717, 1.165) is 35.9 Å². The summed E-state index contributed by atoms with van der Waals surface area (Å²) >= 11 is 3.22. The van der Waals surface area contributed by atoms with Gasteiger partial charge in [-0.2, -0.15) is 0 Å². The molecule has 1 N–H and O–H groups in total. The van der Waals surface area contributed by atoms with Gasteiger partial charge in [-0.15, -0.1) is 21.5 Å². The first-order valence-corrected chi connectivity index (χ1v) is 13.4. The molecular formula is C25H32N4OS2. The topological polar surface area (TPSA) is 59.8 Å². The van der Waals surface area contributed by atoms with Crippen LogP contribution in [0.5, 0.6) is 0 Å². The maximum Gasteiger partial charge on any atom is 0.230 e. The van der Waals surface area contributed by atoms with Crippen LogP contribution in [0.3, 0.4) is 0 Å². The molecule has 7 heteroatoms. The highest BCUT2D eigenvalue weighted by Crippen LogP contribution is 2.39. The van der Waals surface area contributed by atoms with Gasteiger partial charge in [0.1, 0.15) is 0 Å². The fourth-order valence-corrected chi connectivity index (χ4v) is 6.08. The van der Waals surface area contributed by atoms with E-state index in [-0.39, 0.29) is 5.91 Å². The zero-order chi connectivity index (χ0) is 22.5. The number of thioether (sulfide) groups is 1. The number of carbonyl (C=O) groups excluding carboxylic acids is 1. The molecule has 1 fully saturated rings. The third-order valence-corrected chi connectivity index (χ3v) is 8.02. The number of aromatic nitrogens is 3. The molecule has 1 aliphatic rings. The molecule has 4 rings (SSSR count). The predicted molar refractivity (Wildman–Crippen MR) is 134 cm³/mol. The van der Waals surface area contributed by atoms with Crippen LogP contribution < -0.4 is 5.32 Å². The highest BCUT2D eigenvalue weighted by atomic mass is 32.2. The molecule has 1 aromatic carbocycles. The van der Waals surface area contributed by atoms with E-state index in [1.54, 1.807) is 11.3 Å². The Kier molecular flexibility index (Phi) is 7.68. The van der Waals surface area contributed by atoms with Crippen molar-refractivity contribution in [2.24, 2.45) is 0 Å². The van der Waals surface area contributed by atoms with Gasteiger partial charge < -0.3 is 9.88 Å². The van der Waals surface area contributed by atoms with Gasteiger partial charge in [-0.25, -0.2) is 0 Å². The van der Waals surface area contributed by atoms with E-state index in [9.17, 15) is 4.79 Å². The average Bonchev–Trinajstić information content (AvgIpc) is 3.27. The summed E-state index contributed by atoms with van der Waals surface area (Å²) in [5.74, 6) is 1.35. The Bertz CT molecular complexity index is 1050. The maximum atomic E-state index is 12.6. The Balaban J connectivity index is 1.50. The third kappa shape index (κ3) is 5.26. The Hall–Kier alpha value is -2.12. The van der Waals surface area contributed by atoms with Crippen LogP contribution in [0.15, 0.2) is 34.8 Å². The Morgan fingerprint density at radius 2 is 1.84 bits per heavy atom. The fourth-order valence-electron chi connectivity index (χ4n) is 4.40. The average molecular weight is 469 g/mol. The van der Waals surface area contributed by atoms with Gasteiger partial charge in [-0.05, 0) is 39.2 Å². The van der Waals surface area contributed by atoms with Gasteiger partial charge in [0.25, 0.3) is 0 Å². The van der Waals surface area contributed by atoms with E-state index in [4.69, 9.17) is 0 Å². The number of benzene rings is 1. The summed E-state index contributed by atoms with van der Waals surface area (Å²) in [6, 6.07) is 8.97. The Labute approximate surface area is 199 Å². The molecule has 170 valence electrons. The summed E-state index contributed by atoms with van der Waals surface area (Å²) in [5.41, 5.74) is 4.79. The van der Waals surface area contributed by atoms with Gasteiger partial charge >= 0.3 is 0 Å². The van der Waals surface area contributed by atoms with Crippen molar-refractivity contribution in [2.45, 2.75) is 77.0 Å². The smallest absolute Gasteiger partial charge is 0.230 e. The summed E-state index contributed by atoms with van der Waals surface area (Å²) in [6.07, 6.45) is 7.21. The number of nitrogens with zero attached hydrogens (tertiary/aromatic N) is 3. The van der Waals surface area contributed by atoms with Crippen LogP contribution in [-0.2, 0) is 11.3 Å². The lowest BCUT2D eigenvalue weighted by atomic mass is 10.0. The minimum atomic E-state index is 0.0980. The molecule has 0 radical (unpaired) electrons. The molecule has 0 bridgehead atoms. The minimum absolute atomic E-state index is 0.0980. The van der Waals surface area contributed by atoms with Crippen LogP contribution in [0.2, 0.25) is 0 Å². The molecule has 1 saturated carbocycles. The Morgan fingerprint density at radius 3 is 2.53 bits per heavy atom. The lowest BCUT2D eigenvalue weighted by molar-refractivity contribution is -0.119. The van der Waals surface area contributed by atoms with Gasteiger partial charge in [-0.1, -0.05) is 67.3 Å². The molecular weight excluding hydrogens is 436 g/mol. The van der Waals surface area contributed by atoms with Crippen molar-refractivity contribution in [2.75, 3.05) is 5.75 Å². The number of hydrogen-bond acceptors (Lipinski definition) is 5. The number of aryl methyl sites for hydroxylation is 2. The SMILES string of the molecule is CCn1c(SCC(=O)NC2CCCCCC2)nnc1-c1csc(C)c1-c1ccc(C)cc1. The number of thiophene rings is 1. The van der Waals surface area contributed by atoms with Crippen LogP contribution in [0.25, 0.3) is 22.5 Å². The van der Waals surface area contributed by atoms with E-state index in [1.165, 1.54) is 59.0 Å². The predicted octanol–water partition coefficient (Wildman–Crippen LogP) is 6.24.